The van der Waals surface area contributed by atoms with Gasteiger partial charge in [-0.3, -0.25) is 9.59 Å². The molecule has 0 heterocycles. The molecule has 3 aliphatic rings. The van der Waals surface area contributed by atoms with Crippen molar-refractivity contribution in [1.82, 2.24) is 0 Å². The first-order valence-electron chi connectivity index (χ1n) is 5.92. The van der Waals surface area contributed by atoms with Gasteiger partial charge in [-0.05, 0) is 11.8 Å². The van der Waals surface area contributed by atoms with E-state index in [1.807, 2.05) is 0 Å². The molecule has 0 saturated heterocycles. The zero-order valence-corrected chi connectivity index (χ0v) is 12.5. The summed E-state index contributed by atoms with van der Waals surface area (Å²) in [5.74, 6) is 0.856. The van der Waals surface area contributed by atoms with Gasteiger partial charge in [0, 0.05) is 11.8 Å². The number of Topliss-reactive ketones (excluding diaryl/α,β-unsaturated/α-hetero) is 2. The topological polar surface area (TPSA) is 34.1 Å². The van der Waals surface area contributed by atoms with Gasteiger partial charge in [-0.1, -0.05) is 58.5 Å². The molecule has 0 N–H and O–H groups in total. The molecule has 3 saturated carbocycles. The van der Waals surface area contributed by atoms with Crippen molar-refractivity contribution in [2.45, 2.75) is 35.3 Å². The fraction of sp³-hybridized carbons (Fsp3) is 0.833. The Bertz CT molecular complexity index is 370. The predicted octanol–water partition coefficient (Wildman–Crippen LogP) is 2.72. The summed E-state index contributed by atoms with van der Waals surface area (Å²) in [7, 11) is 0. The van der Waals surface area contributed by atoms with E-state index in [1.54, 1.807) is 0 Å². The molecule has 2 nitrogen and oxygen atoms in total. The van der Waals surface area contributed by atoms with Gasteiger partial charge in [-0.2, -0.15) is 0 Å². The maximum absolute atomic E-state index is 12.4. The van der Waals surface area contributed by atoms with Crippen molar-refractivity contribution in [2.75, 3.05) is 0 Å². The van der Waals surface area contributed by atoms with Gasteiger partial charge in [0.05, 0.1) is 8.65 Å². The van der Waals surface area contributed by atoms with E-state index in [-0.39, 0.29) is 35.2 Å². The highest BCUT2D eigenvalue weighted by Gasteiger charge is 2.86. The van der Waals surface area contributed by atoms with Crippen LogP contribution in [0.3, 0.4) is 0 Å². The molecule has 6 atom stereocenters. The minimum absolute atomic E-state index is 0.0721. The molecular weight excluding hydrogens is 336 g/mol. The van der Waals surface area contributed by atoms with Gasteiger partial charge in [0.1, 0.15) is 0 Å². The molecule has 88 valence electrons. The molecule has 0 aromatic carbocycles. The van der Waals surface area contributed by atoms with E-state index in [9.17, 15) is 9.59 Å². The van der Waals surface area contributed by atoms with Crippen molar-refractivity contribution in [2.24, 2.45) is 23.7 Å². The van der Waals surface area contributed by atoms with Crippen LogP contribution >= 0.6 is 31.9 Å². The monoisotopic (exact) mass is 348 g/mol. The van der Waals surface area contributed by atoms with Crippen molar-refractivity contribution in [3.63, 3.8) is 0 Å². The van der Waals surface area contributed by atoms with E-state index < -0.39 is 8.65 Å². The minimum Gasteiger partial charge on any atom is -0.298 e. The Labute approximate surface area is 112 Å². The van der Waals surface area contributed by atoms with Crippen LogP contribution in [0.2, 0.25) is 0 Å². The molecule has 16 heavy (non-hydrogen) atoms. The van der Waals surface area contributed by atoms with Crippen molar-refractivity contribution < 1.29 is 9.59 Å². The summed E-state index contributed by atoms with van der Waals surface area (Å²) in [6.07, 6.45) is 1.81. The minimum atomic E-state index is -0.495. The first kappa shape index (κ1) is 11.4. The van der Waals surface area contributed by atoms with Crippen LogP contribution in [0.15, 0.2) is 0 Å². The van der Waals surface area contributed by atoms with Crippen LogP contribution in [0.1, 0.15) is 26.7 Å². The van der Waals surface area contributed by atoms with E-state index in [1.165, 1.54) is 0 Å². The summed E-state index contributed by atoms with van der Waals surface area (Å²) in [5, 5.41) is 0. The highest BCUT2D eigenvalue weighted by Crippen LogP contribution is 2.75. The number of carbonyl (C=O) groups is 2. The molecule has 0 unspecified atom stereocenters. The molecule has 4 heteroatoms. The summed E-state index contributed by atoms with van der Waals surface area (Å²) in [6, 6.07) is 0. The van der Waals surface area contributed by atoms with Crippen molar-refractivity contribution in [3.8, 4) is 0 Å². The first-order valence-corrected chi connectivity index (χ1v) is 7.50. The molecule has 0 aliphatic heterocycles. The van der Waals surface area contributed by atoms with E-state index in [2.05, 4.69) is 45.7 Å². The molecule has 0 spiro atoms. The molecule has 0 amide bonds. The van der Waals surface area contributed by atoms with Crippen LogP contribution in [-0.4, -0.2) is 20.2 Å². The van der Waals surface area contributed by atoms with Gasteiger partial charge in [0.25, 0.3) is 0 Å². The van der Waals surface area contributed by atoms with Gasteiger partial charge in [-0.15, -0.1) is 0 Å². The first-order chi connectivity index (χ1) is 7.45. The Hall–Kier alpha value is 0.300. The SMILES string of the molecule is CC[C@@H]1[C@H]2C(=O)[C@]3(Br)[C@@H](CC)[C@@H]3C(=O)[C@@]12Br. The number of ketones is 2. The van der Waals surface area contributed by atoms with Crippen molar-refractivity contribution in [1.29, 1.82) is 0 Å². The predicted molar refractivity (Wildman–Crippen MR) is 67.9 cm³/mol. The fourth-order valence-electron chi connectivity index (χ4n) is 3.81. The van der Waals surface area contributed by atoms with Crippen LogP contribution in [0.25, 0.3) is 0 Å². The summed E-state index contributed by atoms with van der Waals surface area (Å²) < 4.78 is -0.991. The highest BCUT2D eigenvalue weighted by atomic mass is 79.9. The second kappa shape index (κ2) is 3.00. The number of hydrogen-bond donors (Lipinski definition) is 0. The molecule has 3 fully saturated rings. The molecule has 0 aromatic heterocycles. The Morgan fingerprint density at radius 1 is 0.938 bits per heavy atom. The number of hydrogen-bond acceptors (Lipinski definition) is 2. The van der Waals surface area contributed by atoms with Crippen LogP contribution in [0.5, 0.6) is 0 Å². The summed E-state index contributed by atoms with van der Waals surface area (Å²) in [5.41, 5.74) is 0. The van der Waals surface area contributed by atoms with E-state index in [0.717, 1.165) is 12.8 Å². The van der Waals surface area contributed by atoms with Gasteiger partial charge < -0.3 is 0 Å². The Morgan fingerprint density at radius 2 is 1.25 bits per heavy atom. The summed E-state index contributed by atoms with van der Waals surface area (Å²) in [6.45, 7) is 4.10. The van der Waals surface area contributed by atoms with Crippen LogP contribution in [0, 0.1) is 23.7 Å². The Kier molecular flexibility index (Phi) is 2.14. The van der Waals surface area contributed by atoms with Gasteiger partial charge in [0.2, 0.25) is 0 Å². The molecular formula is C12H14Br2O2. The van der Waals surface area contributed by atoms with E-state index in [0.29, 0.717) is 0 Å². The van der Waals surface area contributed by atoms with Gasteiger partial charge in [0.15, 0.2) is 11.6 Å². The zero-order valence-electron chi connectivity index (χ0n) is 9.30. The summed E-state index contributed by atoms with van der Waals surface area (Å²) in [4.78, 5) is 24.8. The van der Waals surface area contributed by atoms with Gasteiger partial charge in [-0.25, -0.2) is 0 Å². The third-order valence-corrected chi connectivity index (χ3v) is 7.72. The number of halogens is 2. The lowest BCUT2D eigenvalue weighted by Crippen LogP contribution is -2.36. The lowest BCUT2D eigenvalue weighted by atomic mass is 9.98. The maximum atomic E-state index is 12.4. The third-order valence-electron chi connectivity index (χ3n) is 4.77. The van der Waals surface area contributed by atoms with Crippen molar-refractivity contribution in [3.05, 3.63) is 0 Å². The van der Waals surface area contributed by atoms with Crippen molar-refractivity contribution >= 4 is 43.4 Å². The average Bonchev–Trinajstić information content (AvgIpc) is 3.08. The highest BCUT2D eigenvalue weighted by molar-refractivity contribution is 9.11. The Morgan fingerprint density at radius 3 is 1.50 bits per heavy atom. The largest absolute Gasteiger partial charge is 0.298 e. The van der Waals surface area contributed by atoms with Crippen LogP contribution < -0.4 is 0 Å². The molecule has 0 bridgehead atoms. The Balaban J connectivity index is 2.00. The fourth-order valence-corrected chi connectivity index (χ4v) is 6.27. The average molecular weight is 350 g/mol. The summed E-state index contributed by atoms with van der Waals surface area (Å²) >= 11 is 7.11. The molecule has 0 radical (unpaired) electrons. The third kappa shape index (κ3) is 0.925. The second-order valence-corrected chi connectivity index (χ2v) is 7.87. The maximum Gasteiger partial charge on any atom is 0.155 e. The van der Waals surface area contributed by atoms with Crippen LogP contribution in [0.4, 0.5) is 0 Å². The quantitative estimate of drug-likeness (QED) is 0.718. The zero-order chi connectivity index (χ0) is 11.9. The number of alkyl halides is 2. The van der Waals surface area contributed by atoms with E-state index >= 15 is 0 Å². The normalized spacial score (nSPS) is 58.0. The molecule has 0 aromatic rings. The van der Waals surface area contributed by atoms with Crippen LogP contribution in [-0.2, 0) is 9.59 Å². The molecule has 3 rings (SSSR count). The molecule has 3 aliphatic carbocycles. The lowest BCUT2D eigenvalue weighted by molar-refractivity contribution is -0.128. The smallest absolute Gasteiger partial charge is 0.155 e. The lowest BCUT2D eigenvalue weighted by Gasteiger charge is -2.17. The number of carbonyl (C=O) groups excluding carboxylic acids is 2. The van der Waals surface area contributed by atoms with E-state index in [4.69, 9.17) is 0 Å². The second-order valence-electron chi connectivity index (χ2n) is 5.25. The standard InChI is InChI=1S/C12H14Br2O2/c1-3-5-7-9(15)12(14)6(4-2)8(12)10(16)11(5,7)13/h5-8H,3-4H2,1-2H3/t5-,6+,7+,8-,11-,12+. The van der Waals surface area contributed by atoms with Gasteiger partial charge >= 0.3 is 0 Å². The number of rotatable bonds is 2. The number of fused-ring (bicyclic) bond motifs is 2.